The third-order valence-electron chi connectivity index (χ3n) is 4.83. The van der Waals surface area contributed by atoms with Gasteiger partial charge >= 0.3 is 0 Å². The molecule has 3 heterocycles. The Morgan fingerprint density at radius 1 is 1.28 bits per heavy atom. The molecular weight excluding hydrogens is 479 g/mol. The second-order valence-corrected chi connectivity index (χ2v) is 11.1. The third kappa shape index (κ3) is 5.46. The van der Waals surface area contributed by atoms with Crippen molar-refractivity contribution in [3.63, 3.8) is 0 Å². The van der Waals surface area contributed by atoms with Crippen LogP contribution in [-0.2, 0) is 24.4 Å². The number of thioether (sulfide) groups is 1. The SMILES string of the molecule is O=C(Nc1ncc(F)s1)C(=NO[C@@H]1CCOC1)c1ccc(S(=O)(=O)N2CCSCC2)cc1. The summed E-state index contributed by atoms with van der Waals surface area (Å²) in [5.41, 5.74) is 0.275. The van der Waals surface area contributed by atoms with E-state index in [1.165, 1.54) is 28.6 Å². The molecule has 0 radical (unpaired) electrons. The summed E-state index contributed by atoms with van der Waals surface area (Å²) in [4.78, 5) is 22.2. The molecule has 0 aliphatic carbocycles. The summed E-state index contributed by atoms with van der Waals surface area (Å²) in [6.45, 7) is 1.83. The van der Waals surface area contributed by atoms with Crippen LogP contribution in [0.1, 0.15) is 12.0 Å². The molecule has 2 aliphatic heterocycles. The molecule has 1 atom stereocenters. The lowest BCUT2D eigenvalue weighted by atomic mass is 10.1. The van der Waals surface area contributed by atoms with Gasteiger partial charge in [-0.3, -0.25) is 10.1 Å². The van der Waals surface area contributed by atoms with E-state index < -0.39 is 21.1 Å². The van der Waals surface area contributed by atoms with Gasteiger partial charge in [0.25, 0.3) is 5.91 Å². The van der Waals surface area contributed by atoms with Crippen LogP contribution in [-0.4, -0.2) is 73.2 Å². The van der Waals surface area contributed by atoms with Gasteiger partial charge in [-0.15, -0.1) is 0 Å². The highest BCUT2D eigenvalue weighted by Gasteiger charge is 2.27. The topological polar surface area (TPSA) is 110 Å². The van der Waals surface area contributed by atoms with Crippen LogP contribution in [0.4, 0.5) is 9.52 Å². The van der Waals surface area contributed by atoms with Crippen molar-refractivity contribution in [2.45, 2.75) is 17.4 Å². The van der Waals surface area contributed by atoms with E-state index in [2.05, 4.69) is 15.5 Å². The number of halogens is 1. The fourth-order valence-electron chi connectivity index (χ4n) is 3.14. The Morgan fingerprint density at radius 3 is 2.66 bits per heavy atom. The Kier molecular flexibility index (Phi) is 7.40. The molecule has 4 rings (SSSR count). The van der Waals surface area contributed by atoms with Gasteiger partial charge in [0.1, 0.15) is 0 Å². The number of anilines is 1. The van der Waals surface area contributed by atoms with Gasteiger partial charge in [0, 0.05) is 36.6 Å². The van der Waals surface area contributed by atoms with E-state index in [4.69, 9.17) is 9.57 Å². The quantitative estimate of drug-likeness (QED) is 0.458. The highest BCUT2D eigenvalue weighted by Crippen LogP contribution is 2.22. The maximum atomic E-state index is 13.2. The molecule has 32 heavy (non-hydrogen) atoms. The molecule has 1 aromatic carbocycles. The Bertz CT molecular complexity index is 1080. The minimum atomic E-state index is -3.61. The van der Waals surface area contributed by atoms with Crippen LogP contribution in [0.25, 0.3) is 0 Å². The van der Waals surface area contributed by atoms with Crippen LogP contribution in [0.3, 0.4) is 0 Å². The van der Waals surface area contributed by atoms with E-state index >= 15 is 0 Å². The molecule has 1 aromatic heterocycles. The predicted octanol–water partition coefficient (Wildman–Crippen LogP) is 2.17. The molecule has 1 amide bonds. The van der Waals surface area contributed by atoms with Crippen LogP contribution in [0.15, 0.2) is 40.5 Å². The number of sulfonamides is 1. The lowest BCUT2D eigenvalue weighted by molar-refractivity contribution is -0.110. The number of rotatable bonds is 7. The maximum absolute atomic E-state index is 13.2. The van der Waals surface area contributed by atoms with Crippen molar-refractivity contribution in [1.29, 1.82) is 0 Å². The number of hydrogen-bond donors (Lipinski definition) is 1. The number of amides is 1. The number of carbonyl (C=O) groups excluding carboxylic acids is 1. The van der Waals surface area contributed by atoms with Crippen molar-refractivity contribution in [3.8, 4) is 0 Å². The number of nitrogens with one attached hydrogen (secondary N) is 1. The van der Waals surface area contributed by atoms with Crippen molar-refractivity contribution >= 4 is 49.9 Å². The summed E-state index contributed by atoms with van der Waals surface area (Å²) in [5.74, 6) is 0.865. The molecule has 172 valence electrons. The number of benzene rings is 1. The highest BCUT2D eigenvalue weighted by molar-refractivity contribution is 7.99. The zero-order valence-corrected chi connectivity index (χ0v) is 19.3. The second kappa shape index (κ2) is 10.3. The minimum absolute atomic E-state index is 0.0755. The number of carbonyl (C=O) groups is 1. The molecule has 0 unspecified atom stereocenters. The van der Waals surface area contributed by atoms with E-state index in [0.29, 0.717) is 49.6 Å². The smallest absolute Gasteiger partial charge is 0.280 e. The van der Waals surface area contributed by atoms with Gasteiger partial charge in [0.2, 0.25) is 10.0 Å². The molecule has 0 saturated carbocycles. The van der Waals surface area contributed by atoms with Crippen molar-refractivity contribution in [1.82, 2.24) is 9.29 Å². The van der Waals surface area contributed by atoms with Crippen molar-refractivity contribution in [2.75, 3.05) is 43.1 Å². The van der Waals surface area contributed by atoms with Gasteiger partial charge in [-0.25, -0.2) is 13.4 Å². The van der Waals surface area contributed by atoms with Crippen LogP contribution in [0.5, 0.6) is 0 Å². The number of oxime groups is 1. The molecule has 2 fully saturated rings. The number of hydrogen-bond acceptors (Lipinski definition) is 9. The summed E-state index contributed by atoms with van der Waals surface area (Å²) in [6, 6.07) is 5.88. The minimum Gasteiger partial charge on any atom is -0.389 e. The number of nitrogens with zero attached hydrogens (tertiary/aromatic N) is 3. The number of aromatic nitrogens is 1. The Labute approximate surface area is 193 Å². The lowest BCUT2D eigenvalue weighted by Crippen LogP contribution is -2.37. The van der Waals surface area contributed by atoms with E-state index in [1.54, 1.807) is 11.8 Å². The zero-order valence-electron chi connectivity index (χ0n) is 16.9. The summed E-state index contributed by atoms with van der Waals surface area (Å²) in [6.07, 6.45) is 1.36. The average molecular weight is 501 g/mol. The highest BCUT2D eigenvalue weighted by atomic mass is 32.2. The van der Waals surface area contributed by atoms with E-state index in [0.717, 1.165) is 17.7 Å². The molecule has 0 spiro atoms. The van der Waals surface area contributed by atoms with Gasteiger partial charge in [0.05, 0.1) is 24.3 Å². The maximum Gasteiger partial charge on any atom is 0.280 e. The first-order valence-corrected chi connectivity index (χ1v) is 13.3. The summed E-state index contributed by atoms with van der Waals surface area (Å²) in [7, 11) is -3.61. The normalized spacial score (nSPS) is 20.3. The Balaban J connectivity index is 1.56. The van der Waals surface area contributed by atoms with Gasteiger partial charge in [-0.2, -0.15) is 20.5 Å². The molecule has 9 nitrogen and oxygen atoms in total. The van der Waals surface area contributed by atoms with Crippen LogP contribution in [0.2, 0.25) is 0 Å². The number of thiazole rings is 1. The molecular formula is C19H21FN4O5S3. The van der Waals surface area contributed by atoms with Crippen molar-refractivity contribution < 1.29 is 27.2 Å². The molecule has 13 heteroatoms. The first-order valence-electron chi connectivity index (χ1n) is 9.86. The van der Waals surface area contributed by atoms with E-state index in [-0.39, 0.29) is 21.8 Å². The lowest BCUT2D eigenvalue weighted by Gasteiger charge is -2.25. The predicted molar refractivity (Wildman–Crippen MR) is 120 cm³/mol. The average Bonchev–Trinajstić information content (AvgIpc) is 3.46. The summed E-state index contributed by atoms with van der Waals surface area (Å²) in [5, 5.41) is 6.03. The van der Waals surface area contributed by atoms with Crippen molar-refractivity contribution in [3.05, 3.63) is 41.2 Å². The van der Waals surface area contributed by atoms with Gasteiger partial charge in [-0.1, -0.05) is 28.6 Å². The number of ether oxygens (including phenoxy) is 1. The fraction of sp³-hybridized carbons (Fsp3) is 0.421. The summed E-state index contributed by atoms with van der Waals surface area (Å²) >= 11 is 2.40. The van der Waals surface area contributed by atoms with Gasteiger partial charge in [0.15, 0.2) is 22.1 Å². The van der Waals surface area contributed by atoms with Gasteiger partial charge < -0.3 is 9.57 Å². The molecule has 2 aliphatic rings. The van der Waals surface area contributed by atoms with Crippen LogP contribution >= 0.6 is 23.1 Å². The van der Waals surface area contributed by atoms with Crippen LogP contribution < -0.4 is 5.32 Å². The van der Waals surface area contributed by atoms with Crippen LogP contribution in [0, 0.1) is 5.13 Å². The zero-order chi connectivity index (χ0) is 22.6. The molecule has 0 bridgehead atoms. The molecule has 2 saturated heterocycles. The molecule has 2 aromatic rings. The Morgan fingerprint density at radius 2 is 2.03 bits per heavy atom. The summed E-state index contributed by atoms with van der Waals surface area (Å²) < 4.78 is 45.7. The molecule has 1 N–H and O–H groups in total. The van der Waals surface area contributed by atoms with E-state index in [1.807, 2.05) is 0 Å². The van der Waals surface area contributed by atoms with Crippen molar-refractivity contribution in [2.24, 2.45) is 5.16 Å². The second-order valence-electron chi connectivity index (χ2n) is 7.00. The monoisotopic (exact) mass is 500 g/mol. The first kappa shape index (κ1) is 23.1. The first-order chi connectivity index (χ1) is 15.4. The standard InChI is InChI=1S/C19H21FN4O5S3/c20-16-11-21-19(31-16)22-18(25)17(23-29-14-5-8-28-12-14)13-1-3-15(4-2-13)32(26,27)24-6-9-30-10-7-24/h1-4,11,14H,5-10,12H2,(H,21,22,25)/t14-/m1/s1. The Hall–Kier alpha value is -2.06. The largest absolute Gasteiger partial charge is 0.389 e. The van der Waals surface area contributed by atoms with Gasteiger partial charge in [-0.05, 0) is 12.1 Å². The van der Waals surface area contributed by atoms with E-state index in [9.17, 15) is 17.6 Å². The third-order valence-corrected chi connectivity index (χ3v) is 8.39. The fourth-order valence-corrected chi connectivity index (χ4v) is 6.25.